The summed E-state index contributed by atoms with van der Waals surface area (Å²) in [5, 5.41) is 0. The summed E-state index contributed by atoms with van der Waals surface area (Å²) in [6, 6.07) is 18.7. The molecule has 0 bridgehead atoms. The predicted octanol–water partition coefficient (Wildman–Crippen LogP) is 3.36. The Labute approximate surface area is 110 Å². The van der Waals surface area contributed by atoms with Crippen LogP contribution in [-0.2, 0) is 0 Å². The van der Waals surface area contributed by atoms with Crippen LogP contribution in [0.25, 0.3) is 11.1 Å². The third-order valence-electron chi connectivity index (χ3n) is 1.95. The molecule has 0 unspecified atom stereocenters. The molecular weight excluding hydrogens is 288 g/mol. The van der Waals surface area contributed by atoms with Crippen LogP contribution in [0.5, 0.6) is 0 Å². The van der Waals surface area contributed by atoms with E-state index >= 15 is 0 Å². The summed E-state index contributed by atoms with van der Waals surface area (Å²) in [7, 11) is 0. The Balaban J connectivity index is 0.000000711. The van der Waals surface area contributed by atoms with E-state index in [4.69, 9.17) is 0 Å². The molecule has 2 aromatic rings. The highest BCUT2D eigenvalue weighted by atomic mass is 79.9. The van der Waals surface area contributed by atoms with Crippen LogP contribution in [-0.4, -0.2) is 0 Å². The van der Waals surface area contributed by atoms with Gasteiger partial charge in [-0.1, -0.05) is 58.4 Å². The van der Waals surface area contributed by atoms with Crippen LogP contribution < -0.4 is 11.7 Å². The number of halogens is 2. The fourth-order valence-electron chi connectivity index (χ4n) is 1.27. The number of hydrogen-bond acceptors (Lipinski definition) is 2. The second-order valence-electron chi connectivity index (χ2n) is 2.87. The zero-order chi connectivity index (χ0) is 11.1. The van der Waals surface area contributed by atoms with E-state index in [0.29, 0.717) is 0 Å². The molecule has 0 atom stereocenters. The Bertz CT molecular complexity index is 390. The van der Waals surface area contributed by atoms with E-state index in [-0.39, 0.29) is 12.4 Å². The van der Waals surface area contributed by atoms with Gasteiger partial charge in [-0.15, -0.1) is 12.4 Å². The van der Waals surface area contributed by atoms with Crippen LogP contribution in [0.15, 0.2) is 59.1 Å². The maximum Gasteiger partial charge on any atom is 0.0175 e. The lowest BCUT2D eigenvalue weighted by molar-refractivity contribution is 1.26. The molecule has 0 heterocycles. The normalized spacial score (nSPS) is 8.44. The van der Waals surface area contributed by atoms with Crippen LogP contribution in [0.2, 0.25) is 0 Å². The van der Waals surface area contributed by atoms with Crippen LogP contribution >= 0.6 is 28.3 Å². The molecule has 0 saturated carbocycles. The van der Waals surface area contributed by atoms with Crippen molar-refractivity contribution in [3.8, 4) is 11.1 Å². The second kappa shape index (κ2) is 8.30. The van der Waals surface area contributed by atoms with Crippen molar-refractivity contribution in [2.75, 3.05) is 0 Å². The van der Waals surface area contributed by atoms with Crippen LogP contribution in [0, 0.1) is 0 Å². The molecule has 0 aliphatic rings. The van der Waals surface area contributed by atoms with Crippen molar-refractivity contribution in [2.45, 2.75) is 0 Å². The second-order valence-corrected chi connectivity index (χ2v) is 3.79. The van der Waals surface area contributed by atoms with Gasteiger partial charge in [0.15, 0.2) is 0 Å². The number of benzene rings is 2. The summed E-state index contributed by atoms with van der Waals surface area (Å²) in [5.41, 5.74) is 2.51. The Morgan fingerprint density at radius 1 is 0.688 bits per heavy atom. The average molecular weight is 302 g/mol. The Morgan fingerprint density at radius 3 is 1.62 bits per heavy atom. The minimum Gasteiger partial charge on any atom is -0.274 e. The number of rotatable bonds is 1. The smallest absolute Gasteiger partial charge is 0.0175 e. The van der Waals surface area contributed by atoms with Crippen molar-refractivity contribution < 1.29 is 0 Å². The maximum atomic E-state index is 4.00. The molecule has 2 nitrogen and oxygen atoms in total. The SMILES string of the molecule is Brc1ccc(-c2ccccc2)cc1.Cl.NN. The molecule has 0 saturated heterocycles. The molecule has 2 rings (SSSR count). The highest BCUT2D eigenvalue weighted by molar-refractivity contribution is 9.10. The van der Waals surface area contributed by atoms with Gasteiger partial charge in [0.25, 0.3) is 0 Å². The molecule has 0 aromatic heterocycles. The largest absolute Gasteiger partial charge is 0.274 e. The lowest BCUT2D eigenvalue weighted by Gasteiger charge is -2.00. The molecule has 0 aliphatic heterocycles. The van der Waals surface area contributed by atoms with Crippen molar-refractivity contribution in [1.29, 1.82) is 0 Å². The van der Waals surface area contributed by atoms with Gasteiger partial charge in [-0.25, -0.2) is 0 Å². The molecule has 4 heteroatoms. The van der Waals surface area contributed by atoms with Crippen LogP contribution in [0.4, 0.5) is 0 Å². The van der Waals surface area contributed by atoms with Gasteiger partial charge in [0.1, 0.15) is 0 Å². The van der Waals surface area contributed by atoms with Gasteiger partial charge in [-0.3, -0.25) is 11.7 Å². The molecular formula is C12H14BrClN2. The third-order valence-corrected chi connectivity index (χ3v) is 2.48. The van der Waals surface area contributed by atoms with Crippen molar-refractivity contribution in [1.82, 2.24) is 0 Å². The summed E-state index contributed by atoms with van der Waals surface area (Å²) in [6.45, 7) is 0. The van der Waals surface area contributed by atoms with Crippen molar-refractivity contribution >= 4 is 28.3 Å². The zero-order valence-corrected chi connectivity index (χ0v) is 11.0. The fourth-order valence-corrected chi connectivity index (χ4v) is 1.54. The first-order valence-electron chi connectivity index (χ1n) is 4.50. The van der Waals surface area contributed by atoms with E-state index in [2.05, 4.69) is 76.1 Å². The highest BCUT2D eigenvalue weighted by Crippen LogP contribution is 2.20. The summed E-state index contributed by atoms with van der Waals surface area (Å²) in [6.07, 6.45) is 0. The Morgan fingerprint density at radius 2 is 1.12 bits per heavy atom. The van der Waals surface area contributed by atoms with Crippen molar-refractivity contribution in [3.05, 3.63) is 59.1 Å². The first kappa shape index (κ1) is 15.1. The van der Waals surface area contributed by atoms with Gasteiger partial charge in [-0.05, 0) is 23.3 Å². The summed E-state index contributed by atoms with van der Waals surface area (Å²) in [5.74, 6) is 8.00. The monoisotopic (exact) mass is 300 g/mol. The fraction of sp³-hybridized carbons (Fsp3) is 0. The van der Waals surface area contributed by atoms with Gasteiger partial charge in [0.05, 0.1) is 0 Å². The molecule has 0 spiro atoms. The van der Waals surface area contributed by atoms with Gasteiger partial charge >= 0.3 is 0 Å². The van der Waals surface area contributed by atoms with Gasteiger partial charge in [0, 0.05) is 4.47 Å². The topological polar surface area (TPSA) is 52.0 Å². The van der Waals surface area contributed by atoms with Gasteiger partial charge < -0.3 is 0 Å². The van der Waals surface area contributed by atoms with E-state index in [1.807, 2.05) is 6.07 Å². The molecule has 2 aromatic carbocycles. The lowest BCUT2D eigenvalue weighted by Crippen LogP contribution is -2.02. The summed E-state index contributed by atoms with van der Waals surface area (Å²) in [4.78, 5) is 0. The average Bonchev–Trinajstić information content (AvgIpc) is 2.34. The van der Waals surface area contributed by atoms with E-state index in [1.54, 1.807) is 0 Å². The lowest BCUT2D eigenvalue weighted by atomic mass is 10.1. The van der Waals surface area contributed by atoms with E-state index < -0.39 is 0 Å². The Hall–Kier alpha value is -0.870. The van der Waals surface area contributed by atoms with E-state index in [0.717, 1.165) is 4.47 Å². The first-order valence-corrected chi connectivity index (χ1v) is 5.30. The van der Waals surface area contributed by atoms with Gasteiger partial charge in [0.2, 0.25) is 0 Å². The molecule has 0 amide bonds. The minimum absolute atomic E-state index is 0. The first-order chi connectivity index (χ1) is 7.36. The molecule has 0 fully saturated rings. The predicted molar refractivity (Wildman–Crippen MR) is 75.2 cm³/mol. The van der Waals surface area contributed by atoms with Crippen molar-refractivity contribution in [2.24, 2.45) is 11.7 Å². The summed E-state index contributed by atoms with van der Waals surface area (Å²) < 4.78 is 1.12. The molecule has 0 radical (unpaired) electrons. The zero-order valence-electron chi connectivity index (χ0n) is 8.64. The van der Waals surface area contributed by atoms with E-state index in [1.165, 1.54) is 11.1 Å². The number of hydrazine groups is 1. The molecule has 16 heavy (non-hydrogen) atoms. The quantitative estimate of drug-likeness (QED) is 0.627. The Kier molecular flexibility index (Phi) is 7.85. The van der Waals surface area contributed by atoms with Crippen LogP contribution in [0.1, 0.15) is 0 Å². The third kappa shape index (κ3) is 4.33. The van der Waals surface area contributed by atoms with E-state index in [9.17, 15) is 0 Å². The number of nitrogens with two attached hydrogens (primary N) is 2. The maximum absolute atomic E-state index is 4.00. The standard InChI is InChI=1S/C12H9Br.ClH.H4N2/c13-12-8-6-11(7-9-12)10-4-2-1-3-5-10;;1-2/h1-9H;1H;1-2H2. The van der Waals surface area contributed by atoms with Crippen LogP contribution in [0.3, 0.4) is 0 Å². The summed E-state index contributed by atoms with van der Waals surface area (Å²) >= 11 is 3.42. The minimum atomic E-state index is 0. The molecule has 4 N–H and O–H groups in total. The van der Waals surface area contributed by atoms with Gasteiger partial charge in [-0.2, -0.15) is 0 Å². The van der Waals surface area contributed by atoms with Crippen molar-refractivity contribution in [3.63, 3.8) is 0 Å². The number of hydrogen-bond donors (Lipinski definition) is 2. The molecule has 0 aliphatic carbocycles. The molecule has 86 valence electrons. The highest BCUT2D eigenvalue weighted by Gasteiger charge is 1.94.